The molecule has 0 radical (unpaired) electrons. The molecule has 0 spiro atoms. The molecule has 0 saturated carbocycles. The van der Waals surface area contributed by atoms with Crippen LogP contribution in [0.4, 0.5) is 0 Å². The molecule has 0 fully saturated rings. The molecular formula is C9H10ClN3O. The molecule has 0 bridgehead atoms. The molecule has 1 aromatic carbocycles. The summed E-state index contributed by atoms with van der Waals surface area (Å²) >= 11 is 5.82. The van der Waals surface area contributed by atoms with E-state index in [0.717, 1.165) is 10.9 Å². The van der Waals surface area contributed by atoms with Crippen molar-refractivity contribution in [2.75, 3.05) is 13.2 Å². The summed E-state index contributed by atoms with van der Waals surface area (Å²) in [6.45, 7) is 0.935. The van der Waals surface area contributed by atoms with Crippen molar-refractivity contribution in [2.45, 2.75) is 0 Å². The molecular weight excluding hydrogens is 202 g/mol. The standard InChI is InChI=1S/C9H10ClN3O/c10-6-1-2-7-8(5-6)12-13-9(7)14-4-3-11/h1-2,5H,3-4,11H2,(H,12,13). The third-order valence-electron chi connectivity index (χ3n) is 1.85. The fraction of sp³-hybridized carbons (Fsp3) is 0.222. The summed E-state index contributed by atoms with van der Waals surface area (Å²) < 4.78 is 5.34. The van der Waals surface area contributed by atoms with Gasteiger partial charge >= 0.3 is 0 Å². The zero-order chi connectivity index (χ0) is 9.97. The van der Waals surface area contributed by atoms with E-state index in [0.29, 0.717) is 24.1 Å². The number of nitrogens with zero attached hydrogens (tertiary/aromatic N) is 1. The lowest BCUT2D eigenvalue weighted by Crippen LogP contribution is -2.10. The van der Waals surface area contributed by atoms with E-state index in [-0.39, 0.29) is 0 Å². The van der Waals surface area contributed by atoms with Crippen molar-refractivity contribution in [3.05, 3.63) is 23.2 Å². The first kappa shape index (κ1) is 9.30. The molecule has 0 aliphatic carbocycles. The van der Waals surface area contributed by atoms with E-state index in [1.165, 1.54) is 0 Å². The van der Waals surface area contributed by atoms with Crippen molar-refractivity contribution in [3.8, 4) is 5.88 Å². The Balaban J connectivity index is 2.37. The molecule has 0 aliphatic rings. The number of nitrogens with two attached hydrogens (primary N) is 1. The van der Waals surface area contributed by atoms with Crippen LogP contribution in [0.5, 0.6) is 5.88 Å². The molecule has 5 heteroatoms. The van der Waals surface area contributed by atoms with Gasteiger partial charge in [-0.1, -0.05) is 11.6 Å². The molecule has 2 aromatic rings. The van der Waals surface area contributed by atoms with Crippen molar-refractivity contribution in [2.24, 2.45) is 5.73 Å². The van der Waals surface area contributed by atoms with E-state index in [4.69, 9.17) is 22.1 Å². The fourth-order valence-corrected chi connectivity index (χ4v) is 1.40. The fourth-order valence-electron chi connectivity index (χ4n) is 1.23. The van der Waals surface area contributed by atoms with Gasteiger partial charge in [0.15, 0.2) is 0 Å². The molecule has 0 aliphatic heterocycles. The number of aromatic nitrogens is 2. The Morgan fingerprint density at radius 1 is 1.50 bits per heavy atom. The number of rotatable bonds is 3. The number of hydrogen-bond donors (Lipinski definition) is 2. The van der Waals surface area contributed by atoms with Gasteiger partial charge in [-0.25, -0.2) is 0 Å². The summed E-state index contributed by atoms with van der Waals surface area (Å²) in [5.74, 6) is 0.571. The highest BCUT2D eigenvalue weighted by Crippen LogP contribution is 2.24. The molecule has 0 atom stereocenters. The van der Waals surface area contributed by atoms with Gasteiger partial charge in [0, 0.05) is 11.6 Å². The molecule has 1 aromatic heterocycles. The Hall–Kier alpha value is -1.26. The van der Waals surface area contributed by atoms with Crippen LogP contribution in [-0.4, -0.2) is 23.3 Å². The van der Waals surface area contributed by atoms with Gasteiger partial charge in [-0.3, -0.25) is 5.10 Å². The van der Waals surface area contributed by atoms with E-state index >= 15 is 0 Å². The highest BCUT2D eigenvalue weighted by Gasteiger charge is 2.05. The van der Waals surface area contributed by atoms with E-state index in [2.05, 4.69) is 10.2 Å². The minimum atomic E-state index is 0.461. The maximum atomic E-state index is 5.82. The Bertz CT molecular complexity index is 441. The number of ether oxygens (including phenoxy) is 1. The quantitative estimate of drug-likeness (QED) is 0.810. The topological polar surface area (TPSA) is 63.9 Å². The summed E-state index contributed by atoms with van der Waals surface area (Å²) in [5, 5.41) is 8.44. The van der Waals surface area contributed by atoms with Crippen LogP contribution >= 0.6 is 11.6 Å². The lowest BCUT2D eigenvalue weighted by Gasteiger charge is -1.99. The third kappa shape index (κ3) is 1.66. The molecule has 14 heavy (non-hydrogen) atoms. The number of benzene rings is 1. The number of fused-ring (bicyclic) bond motifs is 1. The van der Waals surface area contributed by atoms with Crippen LogP contribution < -0.4 is 10.5 Å². The number of nitrogens with one attached hydrogen (secondary N) is 1. The van der Waals surface area contributed by atoms with E-state index in [1.54, 1.807) is 12.1 Å². The monoisotopic (exact) mass is 211 g/mol. The predicted molar refractivity (Wildman–Crippen MR) is 55.7 cm³/mol. The average molecular weight is 212 g/mol. The summed E-state index contributed by atoms with van der Waals surface area (Å²) in [4.78, 5) is 0. The van der Waals surface area contributed by atoms with Crippen LogP contribution in [0, 0.1) is 0 Å². The maximum absolute atomic E-state index is 5.82. The molecule has 0 saturated heterocycles. The molecule has 0 unspecified atom stereocenters. The van der Waals surface area contributed by atoms with Gasteiger partial charge in [-0.15, -0.1) is 5.10 Å². The molecule has 74 valence electrons. The Labute approximate surface area is 86.0 Å². The maximum Gasteiger partial charge on any atom is 0.240 e. The number of aromatic amines is 1. The first-order chi connectivity index (χ1) is 6.81. The van der Waals surface area contributed by atoms with E-state index < -0.39 is 0 Å². The smallest absolute Gasteiger partial charge is 0.240 e. The molecule has 0 amide bonds. The predicted octanol–water partition coefficient (Wildman–Crippen LogP) is 1.55. The highest BCUT2D eigenvalue weighted by atomic mass is 35.5. The summed E-state index contributed by atoms with van der Waals surface area (Å²) in [6.07, 6.45) is 0. The first-order valence-corrected chi connectivity index (χ1v) is 4.65. The van der Waals surface area contributed by atoms with Crippen LogP contribution in [0.1, 0.15) is 0 Å². The minimum absolute atomic E-state index is 0.461. The second-order valence-corrected chi connectivity index (χ2v) is 3.29. The normalized spacial score (nSPS) is 10.7. The van der Waals surface area contributed by atoms with Crippen LogP contribution in [0.25, 0.3) is 10.9 Å². The number of hydrogen-bond acceptors (Lipinski definition) is 3. The number of H-pyrrole nitrogens is 1. The van der Waals surface area contributed by atoms with E-state index in [1.807, 2.05) is 6.07 Å². The van der Waals surface area contributed by atoms with Crippen LogP contribution in [0.15, 0.2) is 18.2 Å². The summed E-state index contributed by atoms with van der Waals surface area (Å²) in [5.41, 5.74) is 6.19. The van der Waals surface area contributed by atoms with Crippen molar-refractivity contribution in [1.82, 2.24) is 10.2 Å². The Kier molecular flexibility index (Phi) is 2.56. The molecule has 4 nitrogen and oxygen atoms in total. The Morgan fingerprint density at radius 2 is 2.36 bits per heavy atom. The average Bonchev–Trinajstić information content (AvgIpc) is 2.57. The zero-order valence-corrected chi connectivity index (χ0v) is 8.21. The van der Waals surface area contributed by atoms with Gasteiger partial charge in [-0.05, 0) is 18.2 Å². The van der Waals surface area contributed by atoms with Gasteiger partial charge in [-0.2, -0.15) is 0 Å². The lowest BCUT2D eigenvalue weighted by molar-refractivity contribution is 0.318. The van der Waals surface area contributed by atoms with Gasteiger partial charge in [0.05, 0.1) is 10.9 Å². The number of halogens is 1. The van der Waals surface area contributed by atoms with Crippen molar-refractivity contribution in [1.29, 1.82) is 0 Å². The summed E-state index contributed by atoms with van der Waals surface area (Å²) in [6, 6.07) is 5.47. The van der Waals surface area contributed by atoms with Gasteiger partial charge < -0.3 is 10.5 Å². The van der Waals surface area contributed by atoms with E-state index in [9.17, 15) is 0 Å². The molecule has 1 heterocycles. The second kappa shape index (κ2) is 3.86. The van der Waals surface area contributed by atoms with Crippen LogP contribution in [0.3, 0.4) is 0 Å². The second-order valence-electron chi connectivity index (χ2n) is 2.86. The minimum Gasteiger partial charge on any atom is -0.475 e. The van der Waals surface area contributed by atoms with Crippen LogP contribution in [-0.2, 0) is 0 Å². The van der Waals surface area contributed by atoms with Gasteiger partial charge in [0.1, 0.15) is 6.61 Å². The largest absolute Gasteiger partial charge is 0.475 e. The van der Waals surface area contributed by atoms with Gasteiger partial charge in [0.25, 0.3) is 0 Å². The summed E-state index contributed by atoms with van der Waals surface area (Å²) in [7, 11) is 0. The first-order valence-electron chi connectivity index (χ1n) is 4.28. The molecule has 3 N–H and O–H groups in total. The lowest BCUT2D eigenvalue weighted by atomic mass is 10.2. The third-order valence-corrected chi connectivity index (χ3v) is 2.08. The highest BCUT2D eigenvalue weighted by molar-refractivity contribution is 6.31. The Morgan fingerprint density at radius 3 is 3.14 bits per heavy atom. The molecule has 2 rings (SSSR count). The SMILES string of the molecule is NCCOc1n[nH]c2cc(Cl)ccc12. The van der Waals surface area contributed by atoms with Gasteiger partial charge in [0.2, 0.25) is 5.88 Å². The van der Waals surface area contributed by atoms with Crippen molar-refractivity contribution < 1.29 is 4.74 Å². The zero-order valence-electron chi connectivity index (χ0n) is 7.46. The van der Waals surface area contributed by atoms with Crippen molar-refractivity contribution >= 4 is 22.5 Å². The van der Waals surface area contributed by atoms with Crippen LogP contribution in [0.2, 0.25) is 5.02 Å². The van der Waals surface area contributed by atoms with Crippen molar-refractivity contribution in [3.63, 3.8) is 0 Å².